The van der Waals surface area contributed by atoms with E-state index in [0.29, 0.717) is 0 Å². The van der Waals surface area contributed by atoms with E-state index in [9.17, 15) is 5.11 Å². The normalized spacial score (nSPS) is 35.0. The van der Waals surface area contributed by atoms with Crippen LogP contribution >= 0.6 is 0 Å². The van der Waals surface area contributed by atoms with Crippen LogP contribution < -0.4 is 0 Å². The Morgan fingerprint density at radius 2 is 1.32 bits per heavy atom. The van der Waals surface area contributed by atoms with Crippen molar-refractivity contribution in [1.29, 1.82) is 0 Å². The molecule has 130 valence electrons. The highest BCUT2D eigenvalue weighted by atomic mass is 16.3. The molecule has 3 unspecified atom stereocenters. The molecule has 0 aromatic heterocycles. The van der Waals surface area contributed by atoms with Crippen LogP contribution in [0.2, 0.25) is 0 Å². The first-order chi connectivity index (χ1) is 9.40. The lowest BCUT2D eigenvalue weighted by atomic mass is 9.45. The Morgan fingerprint density at radius 1 is 0.909 bits per heavy atom. The van der Waals surface area contributed by atoms with Gasteiger partial charge in [0, 0.05) is 0 Å². The zero-order chi connectivity index (χ0) is 17.9. The molecule has 0 aliphatic heterocycles. The fraction of sp³-hybridized carbons (Fsp3) is 0.905. The second-order valence-corrected chi connectivity index (χ2v) is 10.9. The summed E-state index contributed by atoms with van der Waals surface area (Å²) >= 11 is 0. The topological polar surface area (TPSA) is 20.2 Å². The third-order valence-corrected chi connectivity index (χ3v) is 7.02. The summed E-state index contributed by atoms with van der Waals surface area (Å²) in [5.41, 5.74) is 2.29. The summed E-state index contributed by atoms with van der Waals surface area (Å²) < 4.78 is 0. The molecule has 0 aromatic carbocycles. The number of rotatable bonds is 0. The van der Waals surface area contributed by atoms with Gasteiger partial charge < -0.3 is 5.11 Å². The lowest BCUT2D eigenvalue weighted by molar-refractivity contribution is -0.158. The van der Waals surface area contributed by atoms with Gasteiger partial charge in [-0.05, 0) is 40.9 Å². The van der Waals surface area contributed by atoms with Crippen LogP contribution in [-0.2, 0) is 0 Å². The third-order valence-electron chi connectivity index (χ3n) is 7.02. The molecule has 22 heavy (non-hydrogen) atoms. The zero-order valence-corrected chi connectivity index (χ0v) is 17.2. The van der Waals surface area contributed by atoms with Crippen LogP contribution in [0.15, 0.2) is 11.1 Å². The average molecular weight is 309 g/mol. The summed E-state index contributed by atoms with van der Waals surface area (Å²) in [6, 6.07) is 0. The Bertz CT molecular complexity index is 464. The standard InChI is InChI=1S/C21H40O/c1-14-16(17(3,4)5)13-21(22,19(9,10)11)15(2)20(14,12)18(6,7)8/h15,22H,13H2,1-12H3. The minimum absolute atomic E-state index is 0.0180. The van der Waals surface area contributed by atoms with E-state index >= 15 is 0 Å². The lowest BCUT2D eigenvalue weighted by Gasteiger charge is -2.61. The van der Waals surface area contributed by atoms with E-state index in [1.165, 1.54) is 11.1 Å². The van der Waals surface area contributed by atoms with Gasteiger partial charge in [0.15, 0.2) is 0 Å². The maximum Gasteiger partial charge on any atom is 0.0766 e. The van der Waals surface area contributed by atoms with Crippen molar-refractivity contribution in [2.75, 3.05) is 0 Å². The van der Waals surface area contributed by atoms with Crippen molar-refractivity contribution in [3.05, 3.63) is 11.1 Å². The van der Waals surface area contributed by atoms with Crippen LogP contribution in [0.3, 0.4) is 0 Å². The van der Waals surface area contributed by atoms with Crippen molar-refractivity contribution in [2.45, 2.75) is 95.1 Å². The predicted molar refractivity (Wildman–Crippen MR) is 97.9 cm³/mol. The molecule has 0 heterocycles. The quantitative estimate of drug-likeness (QED) is 0.527. The highest BCUT2D eigenvalue weighted by molar-refractivity contribution is 5.34. The zero-order valence-electron chi connectivity index (χ0n) is 17.2. The van der Waals surface area contributed by atoms with Gasteiger partial charge in [-0.1, -0.05) is 87.3 Å². The molecule has 0 aromatic rings. The molecule has 1 N–H and O–H groups in total. The number of hydrogen-bond acceptors (Lipinski definition) is 1. The molecule has 0 saturated carbocycles. The smallest absolute Gasteiger partial charge is 0.0766 e. The van der Waals surface area contributed by atoms with Gasteiger partial charge in [-0.2, -0.15) is 0 Å². The average Bonchev–Trinajstić information content (AvgIpc) is 2.26. The lowest BCUT2D eigenvalue weighted by Crippen LogP contribution is -2.60. The molecule has 1 aliphatic rings. The van der Waals surface area contributed by atoms with Crippen LogP contribution in [0.25, 0.3) is 0 Å². The first-order valence-electron chi connectivity index (χ1n) is 8.84. The van der Waals surface area contributed by atoms with Crippen LogP contribution in [-0.4, -0.2) is 10.7 Å². The molecule has 0 amide bonds. The number of allylic oxidation sites excluding steroid dienone is 1. The van der Waals surface area contributed by atoms with Gasteiger partial charge in [0.25, 0.3) is 0 Å². The Labute approximate surface area is 139 Å². The molecule has 1 aliphatic carbocycles. The van der Waals surface area contributed by atoms with E-state index in [1.54, 1.807) is 0 Å². The molecule has 1 heteroatoms. The minimum atomic E-state index is -0.683. The van der Waals surface area contributed by atoms with Crippen molar-refractivity contribution in [1.82, 2.24) is 0 Å². The van der Waals surface area contributed by atoms with Crippen molar-refractivity contribution < 1.29 is 5.11 Å². The maximum absolute atomic E-state index is 11.8. The van der Waals surface area contributed by atoms with E-state index < -0.39 is 5.60 Å². The summed E-state index contributed by atoms with van der Waals surface area (Å²) in [7, 11) is 0. The van der Waals surface area contributed by atoms with E-state index in [-0.39, 0.29) is 27.6 Å². The second-order valence-electron chi connectivity index (χ2n) is 10.9. The van der Waals surface area contributed by atoms with Crippen LogP contribution in [0, 0.1) is 27.6 Å². The molecule has 0 spiro atoms. The summed E-state index contributed by atoms with van der Waals surface area (Å²) in [5.74, 6) is 0.214. The fourth-order valence-electron chi connectivity index (χ4n) is 4.63. The minimum Gasteiger partial charge on any atom is -0.389 e. The molecule has 0 radical (unpaired) electrons. The SMILES string of the molecule is CC1=C(C(C)(C)C)CC(O)(C(C)(C)C)C(C)C1(C)C(C)(C)C. The summed E-state index contributed by atoms with van der Waals surface area (Å²) in [4.78, 5) is 0. The van der Waals surface area contributed by atoms with E-state index in [1.807, 2.05) is 0 Å². The highest BCUT2D eigenvalue weighted by Gasteiger charge is 2.59. The van der Waals surface area contributed by atoms with Crippen LogP contribution in [0.1, 0.15) is 89.5 Å². The summed E-state index contributed by atoms with van der Waals surface area (Å²) in [6.45, 7) is 27.3. The largest absolute Gasteiger partial charge is 0.389 e. The molecule has 0 fully saturated rings. The Balaban J connectivity index is 3.76. The van der Waals surface area contributed by atoms with Gasteiger partial charge in [-0.3, -0.25) is 0 Å². The van der Waals surface area contributed by atoms with Gasteiger partial charge in [-0.15, -0.1) is 0 Å². The Morgan fingerprint density at radius 3 is 1.59 bits per heavy atom. The number of hydrogen-bond donors (Lipinski definition) is 1. The number of aliphatic hydroxyl groups is 1. The molecule has 1 nitrogen and oxygen atoms in total. The van der Waals surface area contributed by atoms with Gasteiger partial charge in [0.1, 0.15) is 0 Å². The molecule has 0 saturated heterocycles. The monoisotopic (exact) mass is 308 g/mol. The van der Waals surface area contributed by atoms with Gasteiger partial charge >= 0.3 is 0 Å². The Hall–Kier alpha value is -0.300. The predicted octanol–water partition coefficient (Wildman–Crippen LogP) is 6.22. The highest BCUT2D eigenvalue weighted by Crippen LogP contribution is 2.63. The second kappa shape index (κ2) is 5.10. The van der Waals surface area contributed by atoms with Crippen molar-refractivity contribution in [3.63, 3.8) is 0 Å². The fourth-order valence-corrected chi connectivity index (χ4v) is 4.63. The first-order valence-corrected chi connectivity index (χ1v) is 8.84. The first kappa shape index (κ1) is 19.7. The molecular weight excluding hydrogens is 268 g/mol. The van der Waals surface area contributed by atoms with Crippen LogP contribution in [0.4, 0.5) is 0 Å². The van der Waals surface area contributed by atoms with Gasteiger partial charge in [0.2, 0.25) is 0 Å². The molecule has 0 bridgehead atoms. The van der Waals surface area contributed by atoms with Crippen molar-refractivity contribution in [2.24, 2.45) is 27.6 Å². The van der Waals surface area contributed by atoms with Crippen molar-refractivity contribution >= 4 is 0 Å². The van der Waals surface area contributed by atoms with Gasteiger partial charge in [0.05, 0.1) is 5.60 Å². The summed E-state index contributed by atoms with van der Waals surface area (Å²) in [6.07, 6.45) is 0.790. The Kier molecular flexibility index (Phi) is 4.57. The van der Waals surface area contributed by atoms with E-state index in [0.717, 1.165) is 6.42 Å². The van der Waals surface area contributed by atoms with Crippen LogP contribution in [0.5, 0.6) is 0 Å². The molecule has 3 atom stereocenters. The third kappa shape index (κ3) is 2.68. The summed E-state index contributed by atoms with van der Waals surface area (Å²) in [5, 5.41) is 11.8. The molecule has 1 rings (SSSR count). The van der Waals surface area contributed by atoms with Gasteiger partial charge in [-0.25, -0.2) is 0 Å². The molecular formula is C21H40O. The van der Waals surface area contributed by atoms with Crippen molar-refractivity contribution in [3.8, 4) is 0 Å². The maximum atomic E-state index is 11.8. The van der Waals surface area contributed by atoms with E-state index in [4.69, 9.17) is 0 Å². The van der Waals surface area contributed by atoms with E-state index in [2.05, 4.69) is 83.1 Å².